The van der Waals surface area contributed by atoms with Gasteiger partial charge in [-0.2, -0.15) is 0 Å². The van der Waals surface area contributed by atoms with Crippen molar-refractivity contribution in [2.24, 2.45) is 5.73 Å². The van der Waals surface area contributed by atoms with Crippen LogP contribution in [0.15, 0.2) is 39.8 Å². The van der Waals surface area contributed by atoms with E-state index in [0.29, 0.717) is 11.6 Å². The van der Waals surface area contributed by atoms with Crippen LogP contribution >= 0.6 is 0 Å². The predicted molar refractivity (Wildman–Crippen MR) is 80.1 cm³/mol. The maximum absolute atomic E-state index is 12.3. The maximum Gasteiger partial charge on any atom is 0.241 e. The van der Waals surface area contributed by atoms with Gasteiger partial charge in [-0.05, 0) is 26.0 Å². The first-order valence-corrected chi connectivity index (χ1v) is 7.98. The lowest BCUT2D eigenvalue weighted by Gasteiger charge is -2.23. The Hall–Kier alpha value is -1.70. The van der Waals surface area contributed by atoms with E-state index in [0.717, 1.165) is 5.56 Å². The fourth-order valence-corrected chi connectivity index (χ4v) is 3.19. The molecule has 2 aromatic rings. The number of hydrogen-bond donors (Lipinski definition) is 2. The topological polar surface area (TPSA) is 98.2 Å². The van der Waals surface area contributed by atoms with Gasteiger partial charge in [-0.1, -0.05) is 12.1 Å². The molecule has 0 saturated heterocycles. The first kappa shape index (κ1) is 15.7. The lowest BCUT2D eigenvalue weighted by atomic mass is 10.1. The molecule has 0 radical (unpaired) electrons. The van der Waals surface area contributed by atoms with Gasteiger partial charge in [0.05, 0.1) is 4.90 Å². The summed E-state index contributed by atoms with van der Waals surface area (Å²) >= 11 is 0. The molecule has 2 rings (SSSR count). The van der Waals surface area contributed by atoms with Crippen molar-refractivity contribution in [1.29, 1.82) is 0 Å². The molecule has 3 N–H and O–H groups in total. The minimum absolute atomic E-state index is 0.188. The average Bonchev–Trinajstić information content (AvgIpc) is 2.84. The first-order valence-electron chi connectivity index (χ1n) is 6.50. The lowest BCUT2D eigenvalue weighted by molar-refractivity contribution is 0.462. The number of sulfonamides is 1. The summed E-state index contributed by atoms with van der Waals surface area (Å²) in [5.41, 5.74) is 6.32. The van der Waals surface area contributed by atoms with Crippen molar-refractivity contribution in [3.8, 4) is 11.3 Å². The molecule has 0 aliphatic rings. The lowest BCUT2D eigenvalue weighted by Crippen LogP contribution is -2.48. The zero-order valence-corrected chi connectivity index (χ0v) is 13.1. The zero-order valence-electron chi connectivity index (χ0n) is 12.3. The van der Waals surface area contributed by atoms with E-state index < -0.39 is 15.6 Å². The number of oxazole rings is 1. The molecule has 0 aliphatic heterocycles. The first-order chi connectivity index (χ1) is 9.73. The Bertz CT molecular complexity index is 718. The van der Waals surface area contributed by atoms with E-state index in [4.69, 9.17) is 10.2 Å². The van der Waals surface area contributed by atoms with Gasteiger partial charge in [0.25, 0.3) is 0 Å². The quantitative estimate of drug-likeness (QED) is 0.875. The molecule has 0 spiro atoms. The van der Waals surface area contributed by atoms with Crippen LogP contribution in [0, 0.1) is 6.92 Å². The zero-order chi connectivity index (χ0) is 15.7. The second-order valence-corrected chi connectivity index (χ2v) is 7.15. The van der Waals surface area contributed by atoms with Crippen molar-refractivity contribution in [3.05, 3.63) is 36.4 Å². The predicted octanol–water partition coefficient (Wildman–Crippen LogP) is 1.67. The fourth-order valence-electron chi connectivity index (χ4n) is 1.77. The van der Waals surface area contributed by atoms with Gasteiger partial charge in [-0.3, -0.25) is 0 Å². The SMILES string of the molecule is Cc1nc(-c2ccc(S(=O)(=O)NC(C)(C)CN)cc2)co1. The summed E-state index contributed by atoms with van der Waals surface area (Å²) in [6.07, 6.45) is 1.54. The highest BCUT2D eigenvalue weighted by atomic mass is 32.2. The van der Waals surface area contributed by atoms with E-state index in [-0.39, 0.29) is 11.4 Å². The Morgan fingerprint density at radius 2 is 1.90 bits per heavy atom. The van der Waals surface area contributed by atoms with Crippen molar-refractivity contribution in [2.45, 2.75) is 31.2 Å². The van der Waals surface area contributed by atoms with Crippen molar-refractivity contribution in [2.75, 3.05) is 6.54 Å². The molecule has 7 heteroatoms. The molecule has 0 aliphatic carbocycles. The van der Waals surface area contributed by atoms with Gasteiger partial charge < -0.3 is 10.2 Å². The Morgan fingerprint density at radius 1 is 1.29 bits per heavy atom. The van der Waals surface area contributed by atoms with Crippen LogP contribution in [-0.2, 0) is 10.0 Å². The van der Waals surface area contributed by atoms with Gasteiger partial charge in [-0.15, -0.1) is 0 Å². The van der Waals surface area contributed by atoms with E-state index in [2.05, 4.69) is 9.71 Å². The van der Waals surface area contributed by atoms with Crippen molar-refractivity contribution in [1.82, 2.24) is 9.71 Å². The molecular formula is C14H19N3O3S. The van der Waals surface area contributed by atoms with Crippen LogP contribution in [0.25, 0.3) is 11.3 Å². The van der Waals surface area contributed by atoms with Gasteiger partial charge in [0.1, 0.15) is 12.0 Å². The van der Waals surface area contributed by atoms with Gasteiger partial charge in [-0.25, -0.2) is 18.1 Å². The smallest absolute Gasteiger partial charge is 0.241 e. The summed E-state index contributed by atoms with van der Waals surface area (Å²) in [5, 5.41) is 0. The number of aryl methyl sites for hydroxylation is 1. The van der Waals surface area contributed by atoms with Gasteiger partial charge in [0.15, 0.2) is 5.89 Å². The number of nitrogens with two attached hydrogens (primary N) is 1. The Labute approximate surface area is 124 Å². The third kappa shape index (κ3) is 3.69. The molecule has 1 aromatic heterocycles. The molecule has 0 amide bonds. The van der Waals surface area contributed by atoms with E-state index >= 15 is 0 Å². The van der Waals surface area contributed by atoms with Crippen LogP contribution in [-0.4, -0.2) is 25.5 Å². The summed E-state index contributed by atoms with van der Waals surface area (Å²) < 4.78 is 32.2. The second kappa shape index (κ2) is 5.59. The molecule has 0 bridgehead atoms. The van der Waals surface area contributed by atoms with E-state index in [1.807, 2.05) is 0 Å². The molecule has 6 nitrogen and oxygen atoms in total. The largest absolute Gasteiger partial charge is 0.449 e. The van der Waals surface area contributed by atoms with Crippen molar-refractivity contribution >= 4 is 10.0 Å². The highest BCUT2D eigenvalue weighted by Crippen LogP contribution is 2.21. The van der Waals surface area contributed by atoms with Crippen LogP contribution in [0.1, 0.15) is 19.7 Å². The van der Waals surface area contributed by atoms with Gasteiger partial charge in [0, 0.05) is 24.6 Å². The molecule has 0 unspecified atom stereocenters. The second-order valence-electron chi connectivity index (χ2n) is 5.47. The average molecular weight is 309 g/mol. The molecule has 21 heavy (non-hydrogen) atoms. The summed E-state index contributed by atoms with van der Waals surface area (Å²) in [7, 11) is -3.60. The monoisotopic (exact) mass is 309 g/mol. The van der Waals surface area contributed by atoms with Crippen molar-refractivity contribution in [3.63, 3.8) is 0 Å². The van der Waals surface area contributed by atoms with Crippen LogP contribution in [0.4, 0.5) is 0 Å². The molecule has 0 fully saturated rings. The highest BCUT2D eigenvalue weighted by molar-refractivity contribution is 7.89. The Morgan fingerprint density at radius 3 is 2.38 bits per heavy atom. The van der Waals surface area contributed by atoms with E-state index in [1.54, 1.807) is 32.9 Å². The summed E-state index contributed by atoms with van der Waals surface area (Å²) in [5.74, 6) is 0.563. The number of aromatic nitrogens is 1. The van der Waals surface area contributed by atoms with Crippen molar-refractivity contribution < 1.29 is 12.8 Å². The van der Waals surface area contributed by atoms with Crippen LogP contribution in [0.2, 0.25) is 0 Å². The Kier molecular flexibility index (Phi) is 4.18. The minimum Gasteiger partial charge on any atom is -0.449 e. The number of rotatable bonds is 5. The molecule has 1 heterocycles. The minimum atomic E-state index is -3.60. The number of hydrogen-bond acceptors (Lipinski definition) is 5. The standard InChI is InChI=1S/C14H19N3O3S/c1-10-16-13(8-20-10)11-4-6-12(7-5-11)21(18,19)17-14(2,3)9-15/h4-8,17H,9,15H2,1-3H3. The fraction of sp³-hybridized carbons (Fsp3) is 0.357. The number of nitrogens with zero attached hydrogens (tertiary/aromatic N) is 1. The molecular weight excluding hydrogens is 290 g/mol. The normalized spacial score (nSPS) is 12.6. The Balaban J connectivity index is 2.26. The number of nitrogens with one attached hydrogen (secondary N) is 1. The van der Waals surface area contributed by atoms with E-state index in [9.17, 15) is 8.42 Å². The maximum atomic E-state index is 12.3. The van der Waals surface area contributed by atoms with E-state index in [1.165, 1.54) is 18.4 Å². The number of benzene rings is 1. The van der Waals surface area contributed by atoms with Gasteiger partial charge >= 0.3 is 0 Å². The van der Waals surface area contributed by atoms with Crippen LogP contribution in [0.5, 0.6) is 0 Å². The summed E-state index contributed by atoms with van der Waals surface area (Å²) in [6, 6.07) is 6.46. The third-order valence-electron chi connectivity index (χ3n) is 3.00. The summed E-state index contributed by atoms with van der Waals surface area (Å²) in [4.78, 5) is 4.39. The molecule has 0 saturated carbocycles. The van der Waals surface area contributed by atoms with Crippen LogP contribution in [0.3, 0.4) is 0 Å². The highest BCUT2D eigenvalue weighted by Gasteiger charge is 2.24. The molecule has 1 aromatic carbocycles. The van der Waals surface area contributed by atoms with Crippen LogP contribution < -0.4 is 10.5 Å². The van der Waals surface area contributed by atoms with Gasteiger partial charge in [0.2, 0.25) is 10.0 Å². The summed E-state index contributed by atoms with van der Waals surface area (Å²) in [6.45, 7) is 5.43. The third-order valence-corrected chi connectivity index (χ3v) is 4.71. The molecule has 0 atom stereocenters. The molecule has 114 valence electrons.